The molecule has 0 N–H and O–H groups in total. The molecular weight excluding hydrogens is 323 g/mol. The Kier molecular flexibility index (Phi) is 3.80. The van der Waals surface area contributed by atoms with Crippen LogP contribution in [0.1, 0.15) is 11.1 Å². The van der Waals surface area contributed by atoms with Gasteiger partial charge in [0.25, 0.3) is 0 Å². The van der Waals surface area contributed by atoms with Crippen LogP contribution in [0.3, 0.4) is 0 Å². The predicted molar refractivity (Wildman–Crippen MR) is 68.2 cm³/mol. The third-order valence-corrected chi connectivity index (χ3v) is 2.89. The van der Waals surface area contributed by atoms with Gasteiger partial charge in [-0.05, 0) is 52.7 Å². The molecule has 0 saturated carbocycles. The molecule has 0 aliphatic carbocycles. The first-order chi connectivity index (χ1) is 8.86. The molecule has 2 aromatic rings. The number of aryl methyl sites for hydroxylation is 1. The summed E-state index contributed by atoms with van der Waals surface area (Å²) in [6, 6.07) is 6.44. The van der Waals surface area contributed by atoms with Gasteiger partial charge in [-0.15, -0.1) is 0 Å². The average Bonchev–Trinajstić information content (AvgIpc) is 2.32. The quantitative estimate of drug-likeness (QED) is 0.775. The molecule has 100 valence electrons. The molecule has 0 bridgehead atoms. The SMILES string of the molecule is Cc1cnc(Oc2cccc(C(F)(F)F)c2)c(Br)c1. The van der Waals surface area contributed by atoms with Crippen molar-refractivity contribution in [1.82, 2.24) is 4.98 Å². The highest BCUT2D eigenvalue weighted by Gasteiger charge is 2.30. The molecule has 1 aromatic heterocycles. The zero-order valence-corrected chi connectivity index (χ0v) is 11.4. The monoisotopic (exact) mass is 331 g/mol. The van der Waals surface area contributed by atoms with E-state index in [-0.39, 0.29) is 11.6 Å². The van der Waals surface area contributed by atoms with E-state index in [0.717, 1.165) is 17.7 Å². The maximum absolute atomic E-state index is 12.6. The van der Waals surface area contributed by atoms with Crippen LogP contribution in [-0.4, -0.2) is 4.98 Å². The minimum Gasteiger partial charge on any atom is -0.438 e. The van der Waals surface area contributed by atoms with Crippen LogP contribution in [0.15, 0.2) is 41.0 Å². The molecule has 1 aromatic carbocycles. The fraction of sp³-hybridized carbons (Fsp3) is 0.154. The third kappa shape index (κ3) is 3.47. The van der Waals surface area contributed by atoms with Crippen molar-refractivity contribution in [3.63, 3.8) is 0 Å². The van der Waals surface area contributed by atoms with Crippen molar-refractivity contribution in [1.29, 1.82) is 0 Å². The number of hydrogen-bond acceptors (Lipinski definition) is 2. The first-order valence-corrected chi connectivity index (χ1v) is 6.13. The van der Waals surface area contributed by atoms with Gasteiger partial charge in [0.2, 0.25) is 5.88 Å². The maximum atomic E-state index is 12.6. The van der Waals surface area contributed by atoms with Gasteiger partial charge < -0.3 is 4.74 Å². The first kappa shape index (κ1) is 13.9. The van der Waals surface area contributed by atoms with Gasteiger partial charge in [-0.2, -0.15) is 13.2 Å². The topological polar surface area (TPSA) is 22.1 Å². The summed E-state index contributed by atoms with van der Waals surface area (Å²) >= 11 is 3.25. The number of benzene rings is 1. The Morgan fingerprint density at radius 2 is 1.95 bits per heavy atom. The number of ether oxygens (including phenoxy) is 1. The highest BCUT2D eigenvalue weighted by atomic mass is 79.9. The van der Waals surface area contributed by atoms with Gasteiger partial charge in [-0.25, -0.2) is 4.98 Å². The number of alkyl halides is 3. The molecule has 0 radical (unpaired) electrons. The van der Waals surface area contributed by atoms with Crippen LogP contribution in [0.2, 0.25) is 0 Å². The van der Waals surface area contributed by atoms with Crippen LogP contribution in [0.4, 0.5) is 13.2 Å². The second kappa shape index (κ2) is 5.21. The summed E-state index contributed by atoms with van der Waals surface area (Å²) in [6.07, 6.45) is -2.81. The normalized spacial score (nSPS) is 11.4. The Hall–Kier alpha value is -1.56. The van der Waals surface area contributed by atoms with Crippen molar-refractivity contribution in [2.75, 3.05) is 0 Å². The van der Waals surface area contributed by atoms with E-state index in [1.807, 2.05) is 6.92 Å². The zero-order valence-electron chi connectivity index (χ0n) is 9.83. The second-order valence-electron chi connectivity index (χ2n) is 3.93. The zero-order chi connectivity index (χ0) is 14.0. The van der Waals surface area contributed by atoms with Crippen molar-refractivity contribution in [3.8, 4) is 11.6 Å². The van der Waals surface area contributed by atoms with Crippen molar-refractivity contribution >= 4 is 15.9 Å². The minimum atomic E-state index is -4.39. The average molecular weight is 332 g/mol. The lowest BCUT2D eigenvalue weighted by Gasteiger charge is -2.10. The molecular formula is C13H9BrF3NO. The number of hydrogen-bond donors (Lipinski definition) is 0. The smallest absolute Gasteiger partial charge is 0.416 e. The molecule has 0 atom stereocenters. The van der Waals surface area contributed by atoms with Crippen molar-refractivity contribution in [2.45, 2.75) is 13.1 Å². The Labute approximate surface area is 116 Å². The Morgan fingerprint density at radius 1 is 1.21 bits per heavy atom. The summed E-state index contributed by atoms with van der Waals surface area (Å²) in [7, 11) is 0. The molecule has 6 heteroatoms. The van der Waals surface area contributed by atoms with E-state index in [1.165, 1.54) is 12.1 Å². The molecule has 0 aliphatic rings. The molecule has 1 heterocycles. The number of halogens is 4. The lowest BCUT2D eigenvalue weighted by molar-refractivity contribution is -0.137. The molecule has 2 nitrogen and oxygen atoms in total. The fourth-order valence-electron chi connectivity index (χ4n) is 1.44. The summed E-state index contributed by atoms with van der Waals surface area (Å²) < 4.78 is 43.6. The lowest BCUT2D eigenvalue weighted by Crippen LogP contribution is -2.04. The van der Waals surface area contributed by atoms with Crippen LogP contribution in [0.25, 0.3) is 0 Å². The minimum absolute atomic E-state index is 0.0897. The van der Waals surface area contributed by atoms with E-state index >= 15 is 0 Å². The number of rotatable bonds is 2. The highest BCUT2D eigenvalue weighted by molar-refractivity contribution is 9.10. The Balaban J connectivity index is 2.29. The van der Waals surface area contributed by atoms with Gasteiger partial charge >= 0.3 is 6.18 Å². The van der Waals surface area contributed by atoms with Gasteiger partial charge in [0.15, 0.2) is 0 Å². The molecule has 0 amide bonds. The van der Waals surface area contributed by atoms with Crippen LogP contribution in [-0.2, 0) is 6.18 Å². The van der Waals surface area contributed by atoms with E-state index in [1.54, 1.807) is 12.3 Å². The van der Waals surface area contributed by atoms with Crippen LogP contribution in [0, 0.1) is 6.92 Å². The van der Waals surface area contributed by atoms with Crippen LogP contribution < -0.4 is 4.74 Å². The van der Waals surface area contributed by atoms with E-state index in [9.17, 15) is 13.2 Å². The fourth-order valence-corrected chi connectivity index (χ4v) is 1.99. The van der Waals surface area contributed by atoms with E-state index in [4.69, 9.17) is 4.74 Å². The molecule has 0 unspecified atom stereocenters. The Morgan fingerprint density at radius 3 is 2.58 bits per heavy atom. The number of aromatic nitrogens is 1. The largest absolute Gasteiger partial charge is 0.438 e. The van der Waals surface area contributed by atoms with Crippen LogP contribution >= 0.6 is 15.9 Å². The van der Waals surface area contributed by atoms with Crippen molar-refractivity contribution in [3.05, 3.63) is 52.1 Å². The third-order valence-electron chi connectivity index (χ3n) is 2.32. The molecule has 0 saturated heterocycles. The molecule has 19 heavy (non-hydrogen) atoms. The summed E-state index contributed by atoms with van der Waals surface area (Å²) in [5.41, 5.74) is 0.163. The Bertz CT molecular complexity index is 599. The number of nitrogens with zero attached hydrogens (tertiary/aromatic N) is 1. The highest BCUT2D eigenvalue weighted by Crippen LogP contribution is 2.33. The van der Waals surface area contributed by atoms with Gasteiger partial charge in [0.1, 0.15) is 5.75 Å². The van der Waals surface area contributed by atoms with Crippen molar-refractivity contribution < 1.29 is 17.9 Å². The molecule has 0 aliphatic heterocycles. The van der Waals surface area contributed by atoms with Crippen molar-refractivity contribution in [2.24, 2.45) is 0 Å². The van der Waals surface area contributed by atoms with E-state index in [2.05, 4.69) is 20.9 Å². The molecule has 0 fully saturated rings. The van der Waals surface area contributed by atoms with E-state index in [0.29, 0.717) is 4.47 Å². The van der Waals surface area contributed by atoms with Gasteiger partial charge in [-0.3, -0.25) is 0 Å². The van der Waals surface area contributed by atoms with Gasteiger partial charge in [0, 0.05) is 6.20 Å². The molecule has 0 spiro atoms. The second-order valence-corrected chi connectivity index (χ2v) is 4.78. The summed E-state index contributed by atoms with van der Waals surface area (Å²) in [4.78, 5) is 4.01. The summed E-state index contributed by atoms with van der Waals surface area (Å²) in [5, 5.41) is 0. The molecule has 2 rings (SSSR count). The van der Waals surface area contributed by atoms with Crippen LogP contribution in [0.5, 0.6) is 11.6 Å². The maximum Gasteiger partial charge on any atom is 0.416 e. The van der Waals surface area contributed by atoms with Gasteiger partial charge in [-0.1, -0.05) is 6.07 Å². The standard InChI is InChI=1S/C13H9BrF3NO/c1-8-5-11(14)12(18-7-8)19-10-4-2-3-9(6-10)13(15,16)17/h2-7H,1H3. The lowest BCUT2D eigenvalue weighted by atomic mass is 10.2. The number of pyridine rings is 1. The summed E-state index contributed by atoms with van der Waals surface area (Å²) in [5.74, 6) is 0.316. The first-order valence-electron chi connectivity index (χ1n) is 5.33. The van der Waals surface area contributed by atoms with Gasteiger partial charge in [0.05, 0.1) is 10.0 Å². The van der Waals surface area contributed by atoms with E-state index < -0.39 is 11.7 Å². The predicted octanol–water partition coefficient (Wildman–Crippen LogP) is 4.96. The summed E-state index contributed by atoms with van der Waals surface area (Å²) in [6.45, 7) is 1.85.